The molecule has 0 amide bonds. The fourth-order valence-corrected chi connectivity index (χ4v) is 6.46. The zero-order chi connectivity index (χ0) is 27.2. The quantitative estimate of drug-likeness (QED) is 0.222. The maximum Gasteiger partial charge on any atom is 0.160 e. The molecule has 0 aliphatic heterocycles. The maximum atomic E-state index is 5.12. The average molecular weight is 543 g/mol. The zero-order valence-electron chi connectivity index (χ0n) is 21.9. The van der Waals surface area contributed by atoms with Crippen molar-refractivity contribution >= 4 is 42.5 Å². The first-order valence-electron chi connectivity index (χ1n) is 13.5. The van der Waals surface area contributed by atoms with Crippen molar-refractivity contribution in [1.82, 2.24) is 19.9 Å². The molecule has 0 N–H and O–H groups in total. The Bertz CT molecular complexity index is 2190. The minimum absolute atomic E-state index is 0.712. The van der Waals surface area contributed by atoms with Crippen molar-refractivity contribution in [2.24, 2.45) is 0 Å². The van der Waals surface area contributed by atoms with E-state index in [0.29, 0.717) is 11.6 Å². The lowest BCUT2D eigenvalue weighted by Gasteiger charge is -2.10. The fraction of sp³-hybridized carbons (Fsp3) is 0. The molecule has 0 saturated heterocycles. The molecule has 0 bridgehead atoms. The molecule has 3 aromatic heterocycles. The second-order valence-corrected chi connectivity index (χ2v) is 10.9. The van der Waals surface area contributed by atoms with Crippen molar-refractivity contribution < 1.29 is 0 Å². The number of hydrogen-bond acceptors (Lipinski definition) is 5. The van der Waals surface area contributed by atoms with Crippen molar-refractivity contribution in [2.45, 2.75) is 0 Å². The van der Waals surface area contributed by atoms with Crippen LogP contribution in [0.5, 0.6) is 0 Å². The third-order valence-corrected chi connectivity index (χ3v) is 8.49. The van der Waals surface area contributed by atoms with E-state index in [1.807, 2.05) is 54.6 Å². The van der Waals surface area contributed by atoms with Gasteiger partial charge in [0.05, 0.1) is 27.1 Å². The Kier molecular flexibility index (Phi) is 5.61. The molecular weight excluding hydrogens is 520 g/mol. The van der Waals surface area contributed by atoms with Crippen LogP contribution in [0, 0.1) is 0 Å². The summed E-state index contributed by atoms with van der Waals surface area (Å²) in [5.41, 5.74) is 7.86. The second-order valence-electron chi connectivity index (χ2n) is 9.89. The number of hydrogen-bond donors (Lipinski definition) is 0. The van der Waals surface area contributed by atoms with Crippen LogP contribution in [0.3, 0.4) is 0 Å². The van der Waals surface area contributed by atoms with E-state index in [9.17, 15) is 0 Å². The smallest absolute Gasteiger partial charge is 0.160 e. The Morgan fingerprint density at radius 3 is 1.71 bits per heavy atom. The molecule has 8 aromatic rings. The highest BCUT2D eigenvalue weighted by Crippen LogP contribution is 2.39. The summed E-state index contributed by atoms with van der Waals surface area (Å²) in [5.74, 6) is 1.43. The molecule has 0 unspecified atom stereocenters. The second kappa shape index (κ2) is 9.73. The SMILES string of the molecule is c1ccc(-c2nc(-c3ccc(-c4nc(-c5ccccc5)c5sc6ccccc6c5n4)cc3)c3ccccc3n2)cc1. The van der Waals surface area contributed by atoms with Gasteiger partial charge in [-0.15, -0.1) is 11.3 Å². The van der Waals surface area contributed by atoms with E-state index < -0.39 is 0 Å². The van der Waals surface area contributed by atoms with Gasteiger partial charge in [0, 0.05) is 37.7 Å². The van der Waals surface area contributed by atoms with Gasteiger partial charge in [0.2, 0.25) is 0 Å². The molecule has 0 aliphatic rings. The van der Waals surface area contributed by atoms with Crippen LogP contribution in [0.2, 0.25) is 0 Å². The monoisotopic (exact) mass is 542 g/mol. The molecule has 5 heteroatoms. The Morgan fingerprint density at radius 2 is 0.927 bits per heavy atom. The lowest BCUT2D eigenvalue weighted by atomic mass is 10.0. The Labute approximate surface area is 240 Å². The highest BCUT2D eigenvalue weighted by Gasteiger charge is 2.17. The number of thiophene rings is 1. The van der Waals surface area contributed by atoms with E-state index in [1.165, 1.54) is 4.70 Å². The van der Waals surface area contributed by atoms with E-state index in [0.717, 1.165) is 60.1 Å². The molecule has 0 radical (unpaired) electrons. The van der Waals surface area contributed by atoms with Crippen molar-refractivity contribution in [3.05, 3.63) is 133 Å². The number of fused-ring (bicyclic) bond motifs is 4. The summed E-state index contributed by atoms with van der Waals surface area (Å²) in [6.07, 6.45) is 0. The first-order chi connectivity index (χ1) is 20.3. The highest BCUT2D eigenvalue weighted by atomic mass is 32.1. The third kappa shape index (κ3) is 4.15. The maximum absolute atomic E-state index is 5.12. The topological polar surface area (TPSA) is 51.6 Å². The van der Waals surface area contributed by atoms with Crippen molar-refractivity contribution in [1.29, 1.82) is 0 Å². The van der Waals surface area contributed by atoms with Crippen molar-refractivity contribution in [3.8, 4) is 45.3 Å². The fourth-order valence-electron chi connectivity index (χ4n) is 5.30. The van der Waals surface area contributed by atoms with E-state index in [2.05, 4.69) is 78.9 Å². The van der Waals surface area contributed by atoms with Crippen LogP contribution in [-0.4, -0.2) is 19.9 Å². The predicted molar refractivity (Wildman–Crippen MR) is 170 cm³/mol. The van der Waals surface area contributed by atoms with Gasteiger partial charge in [0.1, 0.15) is 0 Å². The van der Waals surface area contributed by atoms with Gasteiger partial charge >= 0.3 is 0 Å². The Balaban J connectivity index is 1.28. The summed E-state index contributed by atoms with van der Waals surface area (Å²) < 4.78 is 2.32. The molecular formula is C36H22N4S. The van der Waals surface area contributed by atoms with Gasteiger partial charge in [-0.25, -0.2) is 19.9 Å². The number of nitrogens with zero attached hydrogens (tertiary/aromatic N) is 4. The third-order valence-electron chi connectivity index (χ3n) is 7.32. The van der Waals surface area contributed by atoms with Crippen LogP contribution in [0.4, 0.5) is 0 Å². The van der Waals surface area contributed by atoms with Gasteiger partial charge in [-0.3, -0.25) is 0 Å². The van der Waals surface area contributed by atoms with E-state index in [1.54, 1.807) is 11.3 Å². The van der Waals surface area contributed by atoms with Crippen LogP contribution in [0.1, 0.15) is 0 Å². The molecule has 8 rings (SSSR count). The molecule has 4 nitrogen and oxygen atoms in total. The molecule has 5 aromatic carbocycles. The predicted octanol–water partition coefficient (Wildman–Crippen LogP) is 9.46. The Hall–Kier alpha value is -5.26. The van der Waals surface area contributed by atoms with Gasteiger partial charge in [0.25, 0.3) is 0 Å². The van der Waals surface area contributed by atoms with Crippen molar-refractivity contribution in [3.63, 3.8) is 0 Å². The summed E-state index contributed by atoms with van der Waals surface area (Å²) in [6.45, 7) is 0. The van der Waals surface area contributed by atoms with E-state index >= 15 is 0 Å². The summed E-state index contributed by atoms with van der Waals surface area (Å²) >= 11 is 1.75. The summed E-state index contributed by atoms with van der Waals surface area (Å²) in [5, 5.41) is 2.18. The van der Waals surface area contributed by atoms with Crippen LogP contribution in [0.15, 0.2) is 133 Å². The molecule has 0 saturated carbocycles. The molecule has 0 fully saturated rings. The standard InChI is InChI=1S/C36H22N4S/c1-3-11-23(12-4-1)32-34-33(28-16-8-10-18-30(28)41-34)40-36(39-32)26-21-19-24(20-22-26)31-27-15-7-9-17-29(27)37-35(38-31)25-13-5-2-6-14-25/h1-22H. The normalized spacial score (nSPS) is 11.4. The summed E-state index contributed by atoms with van der Waals surface area (Å²) in [6, 6.07) is 45.5. The van der Waals surface area contributed by atoms with Gasteiger partial charge in [-0.1, -0.05) is 121 Å². The number of benzene rings is 5. The summed E-state index contributed by atoms with van der Waals surface area (Å²) in [4.78, 5) is 20.1. The zero-order valence-corrected chi connectivity index (χ0v) is 22.7. The number of para-hydroxylation sites is 1. The van der Waals surface area contributed by atoms with Crippen LogP contribution in [0.25, 0.3) is 76.5 Å². The van der Waals surface area contributed by atoms with E-state index in [4.69, 9.17) is 19.9 Å². The number of aromatic nitrogens is 4. The van der Waals surface area contributed by atoms with Gasteiger partial charge in [0.15, 0.2) is 11.6 Å². The number of rotatable bonds is 4. The highest BCUT2D eigenvalue weighted by molar-refractivity contribution is 7.26. The molecule has 192 valence electrons. The van der Waals surface area contributed by atoms with Gasteiger partial charge in [-0.05, 0) is 12.1 Å². The first-order valence-corrected chi connectivity index (χ1v) is 14.3. The molecule has 0 spiro atoms. The van der Waals surface area contributed by atoms with Crippen molar-refractivity contribution in [2.75, 3.05) is 0 Å². The van der Waals surface area contributed by atoms with Crippen LogP contribution >= 0.6 is 11.3 Å². The van der Waals surface area contributed by atoms with Crippen LogP contribution < -0.4 is 0 Å². The average Bonchev–Trinajstić information content (AvgIpc) is 3.43. The first kappa shape index (κ1) is 23.6. The van der Waals surface area contributed by atoms with E-state index in [-0.39, 0.29) is 0 Å². The minimum Gasteiger partial charge on any atom is -0.228 e. The minimum atomic E-state index is 0.712. The largest absolute Gasteiger partial charge is 0.228 e. The lowest BCUT2D eigenvalue weighted by Crippen LogP contribution is -1.96. The molecule has 3 heterocycles. The van der Waals surface area contributed by atoms with Crippen LogP contribution in [-0.2, 0) is 0 Å². The molecule has 41 heavy (non-hydrogen) atoms. The molecule has 0 atom stereocenters. The Morgan fingerprint density at radius 1 is 0.390 bits per heavy atom. The lowest BCUT2D eigenvalue weighted by molar-refractivity contribution is 1.22. The summed E-state index contributed by atoms with van der Waals surface area (Å²) in [7, 11) is 0. The van der Waals surface area contributed by atoms with Gasteiger partial charge < -0.3 is 0 Å². The van der Waals surface area contributed by atoms with Gasteiger partial charge in [-0.2, -0.15) is 0 Å². The molecule has 0 aliphatic carbocycles.